The Morgan fingerprint density at radius 3 is 3.19 bits per heavy atom. The van der Waals surface area contributed by atoms with Gasteiger partial charge >= 0.3 is 0 Å². The first-order chi connectivity index (χ1) is 7.75. The van der Waals surface area contributed by atoms with E-state index in [1.165, 1.54) is 4.88 Å². The minimum absolute atomic E-state index is 0.295. The molecule has 0 spiro atoms. The number of ether oxygens (including phenoxy) is 1. The molecule has 86 valence electrons. The van der Waals surface area contributed by atoms with Crippen LogP contribution < -0.4 is 0 Å². The summed E-state index contributed by atoms with van der Waals surface area (Å²) in [5.41, 5.74) is 0. The largest absolute Gasteiger partial charge is 0.475 e. The molecule has 0 amide bonds. The summed E-state index contributed by atoms with van der Waals surface area (Å²) in [5, 5.41) is 2.06. The Morgan fingerprint density at radius 2 is 2.56 bits per heavy atom. The van der Waals surface area contributed by atoms with E-state index in [1.54, 1.807) is 17.6 Å². The number of hydrogen-bond acceptors (Lipinski definition) is 4. The van der Waals surface area contributed by atoms with Gasteiger partial charge in [0.05, 0.1) is 18.8 Å². The van der Waals surface area contributed by atoms with Crippen LogP contribution in [0, 0.1) is 5.92 Å². The minimum Gasteiger partial charge on any atom is -0.475 e. The predicted octanol–water partition coefficient (Wildman–Crippen LogP) is 2.77. The Bertz CT molecular complexity index is 382. The van der Waals surface area contributed by atoms with Gasteiger partial charge in [-0.15, -0.1) is 11.3 Å². The Kier molecular flexibility index (Phi) is 3.72. The van der Waals surface area contributed by atoms with Crippen molar-refractivity contribution in [2.45, 2.75) is 26.4 Å². The van der Waals surface area contributed by atoms with Crippen LogP contribution in [0.15, 0.2) is 27.5 Å². The first-order valence-corrected chi connectivity index (χ1v) is 6.36. The summed E-state index contributed by atoms with van der Waals surface area (Å²) >= 11 is 1.72. The van der Waals surface area contributed by atoms with Crippen LogP contribution in [0.5, 0.6) is 0 Å². The second-order valence-corrected chi connectivity index (χ2v) is 5.17. The fraction of sp³-hybridized carbons (Fsp3) is 0.500. The summed E-state index contributed by atoms with van der Waals surface area (Å²) in [4.78, 5) is 10.0. The van der Waals surface area contributed by atoms with Gasteiger partial charge in [-0.2, -0.15) is 0 Å². The van der Waals surface area contributed by atoms with Gasteiger partial charge in [-0.3, -0.25) is 4.99 Å². The first-order valence-electron chi connectivity index (χ1n) is 5.48. The third-order valence-electron chi connectivity index (χ3n) is 2.49. The standard InChI is InChI=1S/C12H16N2OS/c1-9(2)11-8-15-12(14-11)7-13-6-10-4-3-5-16-10/h3-5,7,9,11H,6,8H2,1-2H3. The van der Waals surface area contributed by atoms with E-state index in [-0.39, 0.29) is 0 Å². The molecule has 1 unspecified atom stereocenters. The SMILES string of the molecule is CC(C)C1COC(C=NCc2cccs2)=N1. The highest BCUT2D eigenvalue weighted by Gasteiger charge is 2.20. The van der Waals surface area contributed by atoms with E-state index in [2.05, 4.69) is 35.3 Å². The van der Waals surface area contributed by atoms with Crippen molar-refractivity contribution in [2.75, 3.05) is 6.61 Å². The van der Waals surface area contributed by atoms with Crippen molar-refractivity contribution < 1.29 is 4.74 Å². The molecule has 0 saturated heterocycles. The maximum absolute atomic E-state index is 5.45. The van der Waals surface area contributed by atoms with Gasteiger partial charge in [-0.1, -0.05) is 19.9 Å². The fourth-order valence-electron chi connectivity index (χ4n) is 1.44. The molecule has 1 aliphatic rings. The number of thiophene rings is 1. The second-order valence-electron chi connectivity index (χ2n) is 4.14. The Hall–Kier alpha value is -1.16. The lowest BCUT2D eigenvalue weighted by atomic mass is 10.1. The molecule has 0 aromatic carbocycles. The van der Waals surface area contributed by atoms with E-state index < -0.39 is 0 Å². The summed E-state index contributed by atoms with van der Waals surface area (Å²) in [6.45, 7) is 5.72. The van der Waals surface area contributed by atoms with Crippen LogP contribution in [0.4, 0.5) is 0 Å². The van der Waals surface area contributed by atoms with Crippen molar-refractivity contribution in [1.29, 1.82) is 0 Å². The lowest BCUT2D eigenvalue weighted by Crippen LogP contribution is -2.13. The topological polar surface area (TPSA) is 34.0 Å². The smallest absolute Gasteiger partial charge is 0.227 e. The molecule has 1 atom stereocenters. The molecule has 0 bridgehead atoms. The van der Waals surface area contributed by atoms with Crippen LogP contribution >= 0.6 is 11.3 Å². The molecule has 1 aromatic heterocycles. The van der Waals surface area contributed by atoms with Crippen molar-refractivity contribution in [3.63, 3.8) is 0 Å². The lowest BCUT2D eigenvalue weighted by Gasteiger charge is -2.06. The van der Waals surface area contributed by atoms with Crippen molar-refractivity contribution >= 4 is 23.4 Å². The molecule has 1 aromatic rings. The zero-order chi connectivity index (χ0) is 11.4. The molecule has 0 radical (unpaired) electrons. The van der Waals surface area contributed by atoms with Gasteiger partial charge in [0, 0.05) is 4.88 Å². The highest BCUT2D eigenvalue weighted by Crippen LogP contribution is 2.13. The van der Waals surface area contributed by atoms with Crippen molar-refractivity contribution in [3.8, 4) is 0 Å². The van der Waals surface area contributed by atoms with E-state index in [1.807, 2.05) is 6.07 Å². The fourth-order valence-corrected chi connectivity index (χ4v) is 2.08. The molecular weight excluding hydrogens is 220 g/mol. The number of aliphatic imine (C=N–C) groups is 2. The quantitative estimate of drug-likeness (QED) is 0.740. The number of hydrogen-bond donors (Lipinski definition) is 0. The van der Waals surface area contributed by atoms with E-state index in [4.69, 9.17) is 4.74 Å². The first kappa shape index (κ1) is 11.3. The molecule has 0 aliphatic carbocycles. The zero-order valence-electron chi connectivity index (χ0n) is 9.59. The van der Waals surface area contributed by atoms with Gasteiger partial charge in [0.2, 0.25) is 5.90 Å². The van der Waals surface area contributed by atoms with Crippen molar-refractivity contribution in [1.82, 2.24) is 0 Å². The Labute approximate surface area is 99.9 Å². The van der Waals surface area contributed by atoms with E-state index in [0.29, 0.717) is 31.0 Å². The zero-order valence-corrected chi connectivity index (χ0v) is 10.4. The number of rotatable bonds is 4. The van der Waals surface area contributed by atoms with Gasteiger partial charge in [0.1, 0.15) is 6.61 Å². The normalized spacial score (nSPS) is 20.4. The minimum atomic E-state index is 0.295. The van der Waals surface area contributed by atoms with Crippen molar-refractivity contribution in [3.05, 3.63) is 22.4 Å². The average Bonchev–Trinajstić information content (AvgIpc) is 2.87. The van der Waals surface area contributed by atoms with Crippen LogP contribution in [0.1, 0.15) is 18.7 Å². The highest BCUT2D eigenvalue weighted by atomic mass is 32.1. The van der Waals surface area contributed by atoms with Gasteiger partial charge < -0.3 is 4.74 Å². The molecule has 1 aliphatic heterocycles. The maximum Gasteiger partial charge on any atom is 0.227 e. The van der Waals surface area contributed by atoms with E-state index in [9.17, 15) is 0 Å². The molecule has 4 heteroatoms. The Morgan fingerprint density at radius 1 is 1.69 bits per heavy atom. The predicted molar refractivity (Wildman–Crippen MR) is 68.5 cm³/mol. The molecular formula is C12H16N2OS. The third kappa shape index (κ3) is 2.92. The van der Waals surface area contributed by atoms with Gasteiger partial charge in [-0.05, 0) is 17.4 Å². The second kappa shape index (κ2) is 5.25. The monoisotopic (exact) mass is 236 g/mol. The molecule has 16 heavy (non-hydrogen) atoms. The summed E-state index contributed by atoms with van der Waals surface area (Å²) in [6.07, 6.45) is 1.74. The summed E-state index contributed by atoms with van der Waals surface area (Å²) in [5.74, 6) is 1.21. The van der Waals surface area contributed by atoms with Gasteiger partial charge in [-0.25, -0.2) is 4.99 Å². The number of nitrogens with zero attached hydrogens (tertiary/aromatic N) is 2. The summed E-state index contributed by atoms with van der Waals surface area (Å²) < 4.78 is 5.45. The molecule has 2 rings (SSSR count). The molecule has 2 heterocycles. The highest BCUT2D eigenvalue weighted by molar-refractivity contribution is 7.09. The van der Waals surface area contributed by atoms with Gasteiger partial charge in [0.15, 0.2) is 0 Å². The maximum atomic E-state index is 5.45. The van der Waals surface area contributed by atoms with Crippen LogP contribution in [0.2, 0.25) is 0 Å². The van der Waals surface area contributed by atoms with Crippen LogP contribution in [0.25, 0.3) is 0 Å². The summed E-state index contributed by atoms with van der Waals surface area (Å²) in [6, 6.07) is 4.41. The van der Waals surface area contributed by atoms with Crippen molar-refractivity contribution in [2.24, 2.45) is 15.9 Å². The molecule has 3 nitrogen and oxygen atoms in total. The Balaban J connectivity index is 1.86. The van der Waals surface area contributed by atoms with E-state index in [0.717, 1.165) is 0 Å². The molecule has 0 saturated carbocycles. The third-order valence-corrected chi connectivity index (χ3v) is 3.35. The van der Waals surface area contributed by atoms with Crippen LogP contribution in [0.3, 0.4) is 0 Å². The van der Waals surface area contributed by atoms with Gasteiger partial charge in [0.25, 0.3) is 0 Å². The van der Waals surface area contributed by atoms with Crippen LogP contribution in [-0.2, 0) is 11.3 Å². The molecule has 0 fully saturated rings. The van der Waals surface area contributed by atoms with Crippen LogP contribution in [-0.4, -0.2) is 24.8 Å². The lowest BCUT2D eigenvalue weighted by molar-refractivity contribution is 0.295. The summed E-state index contributed by atoms with van der Waals surface area (Å²) in [7, 11) is 0. The average molecular weight is 236 g/mol. The molecule has 0 N–H and O–H groups in total. The van der Waals surface area contributed by atoms with E-state index >= 15 is 0 Å².